The molecule has 1 heterocycles. The van der Waals surface area contributed by atoms with E-state index in [9.17, 15) is 22.8 Å². The number of halogens is 3. The minimum Gasteiger partial charge on any atom is -0.295 e. The Bertz CT molecular complexity index is 772. The number of aromatic nitrogens is 2. The van der Waals surface area contributed by atoms with Gasteiger partial charge >= 0.3 is 6.18 Å². The van der Waals surface area contributed by atoms with Gasteiger partial charge in [0.15, 0.2) is 5.78 Å². The molecule has 0 N–H and O–H groups in total. The average molecular weight is 322 g/mol. The lowest BCUT2D eigenvalue weighted by Crippen LogP contribution is -2.09. The van der Waals surface area contributed by atoms with E-state index in [-0.39, 0.29) is 11.5 Å². The van der Waals surface area contributed by atoms with Crippen LogP contribution in [0.15, 0.2) is 42.5 Å². The van der Waals surface area contributed by atoms with Crippen LogP contribution in [0.2, 0.25) is 0 Å². The van der Waals surface area contributed by atoms with Crippen LogP contribution in [0.5, 0.6) is 0 Å². The molecular weight excluding hydrogens is 309 g/mol. The fraction of sp³-hybridized carbons (Fsp3) is 0.188. The molecule has 0 saturated heterocycles. The summed E-state index contributed by atoms with van der Waals surface area (Å²) in [5, 5.41) is 4.12. The van der Waals surface area contributed by atoms with Crippen LogP contribution in [0.25, 0.3) is 5.69 Å². The van der Waals surface area contributed by atoms with Crippen LogP contribution in [0, 0.1) is 6.92 Å². The molecule has 0 aliphatic carbocycles. The summed E-state index contributed by atoms with van der Waals surface area (Å²) in [4.78, 5) is 23.0. The summed E-state index contributed by atoms with van der Waals surface area (Å²) in [7, 11) is 0. The fourth-order valence-corrected chi connectivity index (χ4v) is 1.94. The van der Waals surface area contributed by atoms with Crippen LogP contribution >= 0.6 is 0 Å². The topological polar surface area (TPSA) is 52.0 Å². The highest BCUT2D eigenvalue weighted by Gasteiger charge is 2.30. The third-order valence-corrected chi connectivity index (χ3v) is 2.99. The Kier molecular flexibility index (Phi) is 4.49. The summed E-state index contributed by atoms with van der Waals surface area (Å²) < 4.78 is 39.0. The summed E-state index contributed by atoms with van der Waals surface area (Å²) in [6.45, 7) is 2.97. The molecule has 0 unspecified atom stereocenters. The molecule has 0 fully saturated rings. The number of rotatable bonds is 4. The van der Waals surface area contributed by atoms with Crippen molar-refractivity contribution >= 4 is 11.6 Å². The van der Waals surface area contributed by atoms with Crippen molar-refractivity contribution in [1.29, 1.82) is 0 Å². The largest absolute Gasteiger partial charge is 0.416 e. The Morgan fingerprint density at radius 3 is 2.26 bits per heavy atom. The minimum absolute atomic E-state index is 0.166. The van der Waals surface area contributed by atoms with Crippen molar-refractivity contribution in [3.05, 3.63) is 59.4 Å². The normalized spacial score (nSPS) is 11.9. The summed E-state index contributed by atoms with van der Waals surface area (Å²) >= 11 is 0. The zero-order chi connectivity index (χ0) is 17.2. The van der Waals surface area contributed by atoms with Crippen LogP contribution in [0.4, 0.5) is 13.2 Å². The summed E-state index contributed by atoms with van der Waals surface area (Å²) in [6.07, 6.45) is -2.19. The molecule has 0 amide bonds. The van der Waals surface area contributed by atoms with Crippen LogP contribution in [-0.4, -0.2) is 21.3 Å². The van der Waals surface area contributed by atoms with Crippen molar-refractivity contribution in [3.63, 3.8) is 0 Å². The van der Waals surface area contributed by atoms with Crippen LogP contribution < -0.4 is 0 Å². The molecule has 4 nitrogen and oxygen atoms in total. The number of ketones is 2. The van der Waals surface area contributed by atoms with E-state index in [1.54, 1.807) is 6.92 Å². The van der Waals surface area contributed by atoms with E-state index in [0.717, 1.165) is 24.3 Å². The number of hydrogen-bond donors (Lipinski definition) is 0. The van der Waals surface area contributed by atoms with Gasteiger partial charge in [-0.2, -0.15) is 18.3 Å². The Balaban J connectivity index is 2.41. The summed E-state index contributed by atoms with van der Waals surface area (Å²) in [5.74, 6) is -0.739. The van der Waals surface area contributed by atoms with Gasteiger partial charge in [-0.3, -0.25) is 9.59 Å². The summed E-state index contributed by atoms with van der Waals surface area (Å²) in [5.41, 5.74) is 0.240. The van der Waals surface area contributed by atoms with Crippen LogP contribution in [0.3, 0.4) is 0 Å². The van der Waals surface area contributed by atoms with E-state index in [4.69, 9.17) is 0 Å². The van der Waals surface area contributed by atoms with E-state index in [1.807, 2.05) is 0 Å². The van der Waals surface area contributed by atoms with E-state index in [0.29, 0.717) is 11.4 Å². The summed E-state index contributed by atoms with van der Waals surface area (Å²) in [6, 6.07) is 5.82. The van der Waals surface area contributed by atoms with Gasteiger partial charge in [0, 0.05) is 0 Å². The molecule has 1 aromatic carbocycles. The highest BCUT2D eigenvalue weighted by molar-refractivity contribution is 6.06. The molecule has 1 aromatic heterocycles. The Morgan fingerprint density at radius 1 is 1.13 bits per heavy atom. The first kappa shape index (κ1) is 16.7. The first-order valence-electron chi connectivity index (χ1n) is 6.66. The van der Waals surface area contributed by atoms with Gasteiger partial charge in [-0.25, -0.2) is 4.68 Å². The van der Waals surface area contributed by atoms with Gasteiger partial charge in [-0.15, -0.1) is 0 Å². The quantitative estimate of drug-likeness (QED) is 0.639. The van der Waals surface area contributed by atoms with Crippen molar-refractivity contribution in [2.75, 3.05) is 0 Å². The van der Waals surface area contributed by atoms with Crippen molar-refractivity contribution in [3.8, 4) is 5.69 Å². The SMILES string of the molecule is CC(=O)/C=C\C(=O)c1cc(C)nn1-c1ccc(C(F)(F)F)cc1. The predicted octanol–water partition coefficient (Wildman–Crippen LogP) is 3.53. The highest BCUT2D eigenvalue weighted by atomic mass is 19.4. The molecule has 120 valence electrons. The molecule has 0 radical (unpaired) electrons. The van der Waals surface area contributed by atoms with E-state index < -0.39 is 17.5 Å². The lowest BCUT2D eigenvalue weighted by molar-refractivity contribution is -0.137. The van der Waals surface area contributed by atoms with Crippen LogP contribution in [-0.2, 0) is 11.0 Å². The monoisotopic (exact) mass is 322 g/mol. The standard InChI is InChI=1S/C16H13F3N2O2/c1-10-9-14(15(23)8-3-11(2)22)21(20-10)13-6-4-12(5-7-13)16(17,18)19/h3-9H,1-2H3/b8-3-. The number of carbonyl (C=O) groups is 2. The molecule has 2 aromatic rings. The zero-order valence-corrected chi connectivity index (χ0v) is 12.4. The molecule has 0 atom stereocenters. The molecule has 23 heavy (non-hydrogen) atoms. The van der Waals surface area contributed by atoms with E-state index in [1.165, 1.54) is 29.8 Å². The molecule has 0 aliphatic rings. The fourth-order valence-electron chi connectivity index (χ4n) is 1.94. The van der Waals surface area contributed by atoms with Crippen molar-refractivity contribution in [2.45, 2.75) is 20.0 Å². The number of carbonyl (C=O) groups excluding carboxylic acids is 2. The van der Waals surface area contributed by atoms with Gasteiger partial charge in [0.1, 0.15) is 5.69 Å². The number of nitrogens with zero attached hydrogens (tertiary/aromatic N) is 2. The third kappa shape index (κ3) is 3.94. The lowest BCUT2D eigenvalue weighted by atomic mass is 10.2. The molecule has 0 spiro atoms. The molecule has 0 bridgehead atoms. The average Bonchev–Trinajstić information content (AvgIpc) is 2.86. The van der Waals surface area contributed by atoms with Crippen molar-refractivity contribution < 1.29 is 22.8 Å². The van der Waals surface area contributed by atoms with Crippen molar-refractivity contribution in [1.82, 2.24) is 9.78 Å². The zero-order valence-electron chi connectivity index (χ0n) is 12.4. The van der Waals surface area contributed by atoms with Gasteiger partial charge in [0.25, 0.3) is 0 Å². The smallest absolute Gasteiger partial charge is 0.295 e. The maximum Gasteiger partial charge on any atom is 0.416 e. The molecular formula is C16H13F3N2O2. The molecule has 0 aliphatic heterocycles. The number of alkyl halides is 3. The van der Waals surface area contributed by atoms with E-state index >= 15 is 0 Å². The van der Waals surface area contributed by atoms with Gasteiger partial charge in [0.2, 0.25) is 5.78 Å². The third-order valence-electron chi connectivity index (χ3n) is 2.99. The number of benzene rings is 1. The first-order chi connectivity index (χ1) is 10.7. The molecule has 7 heteroatoms. The van der Waals surface area contributed by atoms with Crippen molar-refractivity contribution in [2.24, 2.45) is 0 Å². The van der Waals surface area contributed by atoms with Gasteiger partial charge in [-0.1, -0.05) is 0 Å². The van der Waals surface area contributed by atoms with Crippen LogP contribution in [0.1, 0.15) is 28.7 Å². The predicted molar refractivity (Wildman–Crippen MR) is 77.5 cm³/mol. The second-order valence-corrected chi connectivity index (χ2v) is 4.94. The lowest BCUT2D eigenvalue weighted by Gasteiger charge is -2.09. The van der Waals surface area contributed by atoms with E-state index in [2.05, 4.69) is 5.10 Å². The minimum atomic E-state index is -4.43. The Labute approximate surface area is 130 Å². The maximum atomic E-state index is 12.6. The first-order valence-corrected chi connectivity index (χ1v) is 6.66. The van der Waals surface area contributed by atoms with Gasteiger partial charge in [-0.05, 0) is 56.3 Å². The van der Waals surface area contributed by atoms with Gasteiger partial charge in [0.05, 0.1) is 16.9 Å². The molecule has 0 saturated carbocycles. The highest BCUT2D eigenvalue weighted by Crippen LogP contribution is 2.29. The Morgan fingerprint density at radius 2 is 1.74 bits per heavy atom. The maximum absolute atomic E-state index is 12.6. The number of hydrogen-bond acceptors (Lipinski definition) is 3. The number of aryl methyl sites for hydroxylation is 1. The number of allylic oxidation sites excluding steroid dienone is 2. The second kappa shape index (κ2) is 6.20. The Hall–Kier alpha value is -2.70. The molecule has 2 rings (SSSR count). The second-order valence-electron chi connectivity index (χ2n) is 4.94. The van der Waals surface area contributed by atoms with Gasteiger partial charge < -0.3 is 0 Å².